The maximum atomic E-state index is 11.9. The predicted molar refractivity (Wildman–Crippen MR) is 74.3 cm³/mol. The smallest absolute Gasteiger partial charge is 0.315 e. The number of hydrogen-bond donors (Lipinski definition) is 2. The maximum Gasteiger partial charge on any atom is 0.315 e. The number of rotatable bonds is 3. The summed E-state index contributed by atoms with van der Waals surface area (Å²) in [6, 6.07) is -0.239. The van der Waals surface area contributed by atoms with E-state index < -0.39 is 0 Å². The Bertz CT molecular complexity index is 514. The zero-order chi connectivity index (χ0) is 14.6. The summed E-state index contributed by atoms with van der Waals surface area (Å²) in [4.78, 5) is 27.5. The van der Waals surface area contributed by atoms with Crippen LogP contribution in [0.4, 0.5) is 4.79 Å². The Morgan fingerprint density at radius 1 is 1.37 bits per heavy atom. The molecule has 0 unspecified atom stereocenters. The highest BCUT2D eigenvalue weighted by Gasteiger charge is 2.12. The molecular weight excluding hydrogens is 244 g/mol. The van der Waals surface area contributed by atoms with Gasteiger partial charge in [-0.25, -0.2) is 9.78 Å². The molecule has 0 saturated carbocycles. The predicted octanol–water partition coefficient (Wildman–Crippen LogP) is 0.958. The van der Waals surface area contributed by atoms with Crippen LogP contribution in [0.5, 0.6) is 0 Å². The summed E-state index contributed by atoms with van der Waals surface area (Å²) in [6.07, 6.45) is 1.51. The van der Waals surface area contributed by atoms with E-state index in [2.05, 4.69) is 15.6 Å². The Balaban J connectivity index is 2.53. The van der Waals surface area contributed by atoms with Gasteiger partial charge >= 0.3 is 6.03 Å². The Morgan fingerprint density at radius 3 is 2.58 bits per heavy atom. The van der Waals surface area contributed by atoms with Gasteiger partial charge in [-0.1, -0.05) is 0 Å². The molecule has 0 aromatic carbocycles. The quantitative estimate of drug-likeness (QED) is 0.855. The molecule has 0 saturated heterocycles. The second-order valence-corrected chi connectivity index (χ2v) is 5.58. The summed E-state index contributed by atoms with van der Waals surface area (Å²) in [5.41, 5.74) is 1.04. The van der Waals surface area contributed by atoms with Gasteiger partial charge in [0.2, 0.25) is 0 Å². The lowest BCUT2D eigenvalue weighted by atomic mass is 10.1. The number of urea groups is 1. The molecule has 19 heavy (non-hydrogen) atoms. The maximum absolute atomic E-state index is 11.9. The van der Waals surface area contributed by atoms with Crippen molar-refractivity contribution in [1.82, 2.24) is 20.2 Å². The van der Waals surface area contributed by atoms with Crippen molar-refractivity contribution in [3.05, 3.63) is 27.9 Å². The first-order valence-electron chi connectivity index (χ1n) is 6.29. The van der Waals surface area contributed by atoms with E-state index >= 15 is 0 Å². The van der Waals surface area contributed by atoms with Gasteiger partial charge in [0.1, 0.15) is 0 Å². The molecular formula is C13H22N4O2. The molecule has 2 amide bonds. The molecule has 1 heterocycles. The molecule has 2 N–H and O–H groups in total. The van der Waals surface area contributed by atoms with Crippen LogP contribution in [-0.4, -0.2) is 27.7 Å². The average Bonchev–Trinajstić information content (AvgIpc) is 2.27. The molecule has 0 bridgehead atoms. The van der Waals surface area contributed by atoms with E-state index in [0.717, 1.165) is 5.69 Å². The highest BCUT2D eigenvalue weighted by molar-refractivity contribution is 5.74. The average molecular weight is 266 g/mol. The van der Waals surface area contributed by atoms with Crippen LogP contribution >= 0.6 is 0 Å². The van der Waals surface area contributed by atoms with E-state index in [-0.39, 0.29) is 17.1 Å². The highest BCUT2D eigenvalue weighted by atomic mass is 16.2. The van der Waals surface area contributed by atoms with Crippen LogP contribution in [0.2, 0.25) is 0 Å². The number of aryl methyl sites for hydroxylation is 1. The van der Waals surface area contributed by atoms with Gasteiger partial charge in [-0.05, 0) is 34.6 Å². The Labute approximate surface area is 113 Å². The van der Waals surface area contributed by atoms with E-state index in [0.29, 0.717) is 18.7 Å². The third-order valence-corrected chi connectivity index (χ3v) is 2.64. The van der Waals surface area contributed by atoms with Gasteiger partial charge in [0.15, 0.2) is 0 Å². The summed E-state index contributed by atoms with van der Waals surface area (Å²) >= 11 is 0. The van der Waals surface area contributed by atoms with Crippen molar-refractivity contribution in [3.8, 4) is 0 Å². The van der Waals surface area contributed by atoms with Gasteiger partial charge in [0, 0.05) is 29.9 Å². The minimum Gasteiger partial charge on any atom is -0.336 e. The number of amides is 2. The lowest BCUT2D eigenvalue weighted by Crippen LogP contribution is -2.47. The first kappa shape index (κ1) is 15.2. The third kappa shape index (κ3) is 4.73. The van der Waals surface area contributed by atoms with Gasteiger partial charge < -0.3 is 10.6 Å². The largest absolute Gasteiger partial charge is 0.336 e. The van der Waals surface area contributed by atoms with Gasteiger partial charge in [0.25, 0.3) is 5.56 Å². The van der Waals surface area contributed by atoms with E-state index in [4.69, 9.17) is 0 Å². The van der Waals surface area contributed by atoms with Crippen molar-refractivity contribution >= 4 is 6.03 Å². The molecule has 106 valence electrons. The molecule has 0 atom stereocenters. The van der Waals surface area contributed by atoms with E-state index in [1.54, 1.807) is 13.8 Å². The fourth-order valence-corrected chi connectivity index (χ4v) is 1.51. The number of hydrogen-bond acceptors (Lipinski definition) is 3. The van der Waals surface area contributed by atoms with Crippen LogP contribution in [0.3, 0.4) is 0 Å². The number of nitrogens with zero attached hydrogens (tertiary/aromatic N) is 2. The van der Waals surface area contributed by atoms with Gasteiger partial charge in [-0.15, -0.1) is 0 Å². The Hall–Kier alpha value is -1.85. The normalized spacial score (nSPS) is 11.2. The fraction of sp³-hybridized carbons (Fsp3) is 0.615. The van der Waals surface area contributed by atoms with Crippen molar-refractivity contribution < 1.29 is 4.79 Å². The Morgan fingerprint density at radius 2 is 2.00 bits per heavy atom. The highest BCUT2D eigenvalue weighted by Crippen LogP contribution is 1.97. The van der Waals surface area contributed by atoms with Crippen LogP contribution in [0.25, 0.3) is 0 Å². The molecule has 0 fully saturated rings. The minimum absolute atomic E-state index is 0.0643. The molecule has 0 spiro atoms. The molecule has 1 aromatic heterocycles. The molecule has 0 aliphatic rings. The van der Waals surface area contributed by atoms with Crippen molar-refractivity contribution in [1.29, 1.82) is 0 Å². The van der Waals surface area contributed by atoms with Crippen molar-refractivity contribution in [2.75, 3.05) is 6.54 Å². The van der Waals surface area contributed by atoms with Crippen LogP contribution in [-0.2, 0) is 6.54 Å². The SMILES string of the molecule is Cc1ncn(CCNC(=O)NC(C)(C)C)c(=O)c1C. The first-order valence-corrected chi connectivity index (χ1v) is 6.29. The van der Waals surface area contributed by atoms with E-state index in [1.807, 2.05) is 20.8 Å². The van der Waals surface area contributed by atoms with E-state index in [9.17, 15) is 9.59 Å². The molecule has 6 heteroatoms. The van der Waals surface area contributed by atoms with Crippen LogP contribution in [0.1, 0.15) is 32.0 Å². The zero-order valence-corrected chi connectivity index (χ0v) is 12.2. The lowest BCUT2D eigenvalue weighted by molar-refractivity contribution is 0.231. The van der Waals surface area contributed by atoms with Crippen LogP contribution < -0.4 is 16.2 Å². The first-order chi connectivity index (χ1) is 8.70. The summed E-state index contributed by atoms with van der Waals surface area (Å²) in [6.45, 7) is 10.1. The van der Waals surface area contributed by atoms with E-state index in [1.165, 1.54) is 10.9 Å². The fourth-order valence-electron chi connectivity index (χ4n) is 1.51. The molecule has 0 aliphatic carbocycles. The minimum atomic E-state index is -0.275. The van der Waals surface area contributed by atoms with Crippen molar-refractivity contribution in [2.45, 2.75) is 46.7 Å². The number of carbonyl (C=O) groups excluding carboxylic acids is 1. The standard InChI is InChI=1S/C13H22N4O2/c1-9-10(2)15-8-17(11(9)18)7-6-14-12(19)16-13(3,4)5/h8H,6-7H2,1-5H3,(H2,14,16,19). The number of nitrogens with one attached hydrogen (secondary N) is 2. The summed E-state index contributed by atoms with van der Waals surface area (Å²) in [7, 11) is 0. The van der Waals surface area contributed by atoms with Crippen molar-refractivity contribution in [3.63, 3.8) is 0 Å². The van der Waals surface area contributed by atoms with Crippen molar-refractivity contribution in [2.24, 2.45) is 0 Å². The monoisotopic (exact) mass is 266 g/mol. The zero-order valence-electron chi connectivity index (χ0n) is 12.2. The summed E-state index contributed by atoms with van der Waals surface area (Å²) < 4.78 is 1.50. The molecule has 0 radical (unpaired) electrons. The third-order valence-electron chi connectivity index (χ3n) is 2.64. The molecule has 1 rings (SSSR count). The molecule has 6 nitrogen and oxygen atoms in total. The second kappa shape index (κ2) is 5.86. The number of carbonyl (C=O) groups is 1. The van der Waals surface area contributed by atoms with Crippen LogP contribution in [0, 0.1) is 13.8 Å². The molecule has 1 aromatic rings. The number of aromatic nitrogens is 2. The van der Waals surface area contributed by atoms with Gasteiger partial charge in [-0.3, -0.25) is 9.36 Å². The topological polar surface area (TPSA) is 76.0 Å². The summed E-state index contributed by atoms with van der Waals surface area (Å²) in [5.74, 6) is 0. The Kier molecular flexibility index (Phi) is 4.69. The summed E-state index contributed by atoms with van der Waals surface area (Å²) in [5, 5.41) is 5.50. The second-order valence-electron chi connectivity index (χ2n) is 5.58. The molecule has 0 aliphatic heterocycles. The van der Waals surface area contributed by atoms with Crippen LogP contribution in [0.15, 0.2) is 11.1 Å². The van der Waals surface area contributed by atoms with Gasteiger partial charge in [0.05, 0.1) is 6.33 Å². The van der Waals surface area contributed by atoms with Gasteiger partial charge in [-0.2, -0.15) is 0 Å². The lowest BCUT2D eigenvalue weighted by Gasteiger charge is -2.20.